The SMILES string of the molecule is CC(C)(C)c1cnc(Cn2cc(CCCl)nn2)o1. The molecule has 0 atom stereocenters. The van der Waals surface area contributed by atoms with Crippen LogP contribution in [0.5, 0.6) is 0 Å². The van der Waals surface area contributed by atoms with E-state index >= 15 is 0 Å². The number of halogens is 1. The molecule has 5 nitrogen and oxygen atoms in total. The first-order chi connectivity index (χ1) is 8.49. The maximum Gasteiger partial charge on any atom is 0.216 e. The van der Waals surface area contributed by atoms with Crippen molar-refractivity contribution in [2.75, 3.05) is 5.88 Å². The van der Waals surface area contributed by atoms with Gasteiger partial charge in [0.15, 0.2) is 0 Å². The maximum absolute atomic E-state index is 5.70. The van der Waals surface area contributed by atoms with Crippen LogP contribution >= 0.6 is 11.6 Å². The van der Waals surface area contributed by atoms with E-state index in [1.165, 1.54) is 0 Å². The predicted molar refractivity (Wildman–Crippen MR) is 68.8 cm³/mol. The molecule has 0 unspecified atom stereocenters. The molecular weight excluding hydrogens is 252 g/mol. The van der Waals surface area contributed by atoms with Crippen molar-refractivity contribution in [2.45, 2.75) is 39.2 Å². The number of hydrogen-bond donors (Lipinski definition) is 0. The zero-order chi connectivity index (χ0) is 13.2. The van der Waals surface area contributed by atoms with E-state index in [9.17, 15) is 0 Å². The number of aromatic nitrogens is 4. The zero-order valence-electron chi connectivity index (χ0n) is 10.9. The summed E-state index contributed by atoms with van der Waals surface area (Å²) in [5.74, 6) is 2.06. The second-order valence-corrected chi connectivity index (χ2v) is 5.59. The largest absolute Gasteiger partial charge is 0.443 e. The molecule has 0 aromatic carbocycles. The minimum Gasteiger partial charge on any atom is -0.443 e. The van der Waals surface area contributed by atoms with Crippen molar-refractivity contribution in [3.8, 4) is 0 Å². The molecule has 0 saturated carbocycles. The lowest BCUT2D eigenvalue weighted by atomic mass is 9.94. The second kappa shape index (κ2) is 5.10. The summed E-state index contributed by atoms with van der Waals surface area (Å²) in [6.07, 6.45) is 4.36. The lowest BCUT2D eigenvalue weighted by Gasteiger charge is -2.12. The highest BCUT2D eigenvalue weighted by Gasteiger charge is 2.19. The zero-order valence-corrected chi connectivity index (χ0v) is 11.6. The number of aryl methyl sites for hydroxylation is 1. The van der Waals surface area contributed by atoms with Crippen molar-refractivity contribution in [2.24, 2.45) is 0 Å². The first-order valence-corrected chi connectivity index (χ1v) is 6.42. The second-order valence-electron chi connectivity index (χ2n) is 5.21. The topological polar surface area (TPSA) is 56.7 Å². The van der Waals surface area contributed by atoms with Crippen molar-refractivity contribution < 1.29 is 4.42 Å². The summed E-state index contributed by atoms with van der Waals surface area (Å²) in [5.41, 5.74) is 0.852. The van der Waals surface area contributed by atoms with Gasteiger partial charge in [-0.05, 0) is 0 Å². The number of nitrogens with zero attached hydrogens (tertiary/aromatic N) is 4. The van der Waals surface area contributed by atoms with Gasteiger partial charge in [-0.15, -0.1) is 16.7 Å². The van der Waals surface area contributed by atoms with Crippen LogP contribution in [0.25, 0.3) is 0 Å². The standard InChI is InChI=1S/C12H17ClN4O/c1-12(2,3)10-6-14-11(18-10)8-17-7-9(4-5-13)15-16-17/h6-7H,4-5,8H2,1-3H3. The molecule has 18 heavy (non-hydrogen) atoms. The summed E-state index contributed by atoms with van der Waals surface area (Å²) in [6.45, 7) is 6.76. The highest BCUT2D eigenvalue weighted by atomic mass is 35.5. The van der Waals surface area contributed by atoms with Gasteiger partial charge in [-0.2, -0.15) is 0 Å². The minimum atomic E-state index is -0.0304. The fourth-order valence-electron chi connectivity index (χ4n) is 1.50. The van der Waals surface area contributed by atoms with E-state index < -0.39 is 0 Å². The Kier molecular flexibility index (Phi) is 3.71. The first kappa shape index (κ1) is 13.1. The van der Waals surface area contributed by atoms with Crippen molar-refractivity contribution >= 4 is 11.6 Å². The molecule has 0 spiro atoms. The summed E-state index contributed by atoms with van der Waals surface area (Å²) >= 11 is 5.65. The van der Waals surface area contributed by atoms with Crippen LogP contribution in [0.4, 0.5) is 0 Å². The third kappa shape index (κ3) is 3.10. The van der Waals surface area contributed by atoms with Crippen molar-refractivity contribution in [3.05, 3.63) is 29.7 Å². The van der Waals surface area contributed by atoms with Gasteiger partial charge in [0.25, 0.3) is 0 Å². The molecule has 2 heterocycles. The molecule has 0 amide bonds. The van der Waals surface area contributed by atoms with Gasteiger partial charge in [-0.1, -0.05) is 26.0 Å². The van der Waals surface area contributed by atoms with Crippen LogP contribution in [-0.2, 0) is 18.4 Å². The van der Waals surface area contributed by atoms with E-state index in [1.54, 1.807) is 10.9 Å². The van der Waals surface area contributed by atoms with Crippen LogP contribution in [0, 0.1) is 0 Å². The Balaban J connectivity index is 2.06. The highest BCUT2D eigenvalue weighted by Crippen LogP contribution is 2.22. The van der Waals surface area contributed by atoms with Crippen LogP contribution in [0.2, 0.25) is 0 Å². The molecule has 0 N–H and O–H groups in total. The van der Waals surface area contributed by atoms with Gasteiger partial charge in [-0.3, -0.25) is 0 Å². The number of rotatable bonds is 4. The molecule has 0 radical (unpaired) electrons. The predicted octanol–water partition coefficient (Wildman–Crippen LogP) is 2.39. The van der Waals surface area contributed by atoms with E-state index in [0.29, 0.717) is 18.3 Å². The summed E-state index contributed by atoms with van der Waals surface area (Å²) in [6, 6.07) is 0. The summed E-state index contributed by atoms with van der Waals surface area (Å²) in [7, 11) is 0. The van der Waals surface area contributed by atoms with Gasteiger partial charge in [0.1, 0.15) is 12.3 Å². The molecule has 6 heteroatoms. The van der Waals surface area contributed by atoms with E-state index in [1.807, 2.05) is 6.20 Å². The van der Waals surface area contributed by atoms with E-state index in [2.05, 4.69) is 36.1 Å². The van der Waals surface area contributed by atoms with E-state index in [0.717, 1.165) is 17.9 Å². The molecule has 0 saturated heterocycles. The average molecular weight is 269 g/mol. The summed E-state index contributed by atoms with van der Waals surface area (Å²) in [5, 5.41) is 8.03. The van der Waals surface area contributed by atoms with Crippen LogP contribution in [-0.4, -0.2) is 25.9 Å². The van der Waals surface area contributed by atoms with Crippen LogP contribution in [0.3, 0.4) is 0 Å². The first-order valence-electron chi connectivity index (χ1n) is 5.89. The monoisotopic (exact) mass is 268 g/mol. The molecule has 2 aromatic rings. The number of alkyl halides is 1. The van der Waals surface area contributed by atoms with Crippen molar-refractivity contribution in [3.63, 3.8) is 0 Å². The molecule has 0 bridgehead atoms. The summed E-state index contributed by atoms with van der Waals surface area (Å²) < 4.78 is 7.40. The lowest BCUT2D eigenvalue weighted by molar-refractivity contribution is 0.371. The molecule has 2 aromatic heterocycles. The molecule has 2 rings (SSSR count). The van der Waals surface area contributed by atoms with Crippen molar-refractivity contribution in [1.82, 2.24) is 20.0 Å². The average Bonchev–Trinajstić information content (AvgIpc) is 2.88. The van der Waals surface area contributed by atoms with Gasteiger partial charge >= 0.3 is 0 Å². The third-order valence-electron chi connectivity index (χ3n) is 2.53. The molecular formula is C12H17ClN4O. The number of hydrogen-bond acceptors (Lipinski definition) is 4. The van der Waals surface area contributed by atoms with Gasteiger partial charge < -0.3 is 4.42 Å². The molecule has 0 aliphatic heterocycles. The Morgan fingerprint density at radius 2 is 2.17 bits per heavy atom. The fourth-order valence-corrected chi connectivity index (χ4v) is 1.69. The van der Waals surface area contributed by atoms with E-state index in [4.69, 9.17) is 16.0 Å². The smallest absolute Gasteiger partial charge is 0.216 e. The molecule has 0 aliphatic rings. The quantitative estimate of drug-likeness (QED) is 0.799. The van der Waals surface area contributed by atoms with Crippen LogP contribution in [0.15, 0.2) is 16.8 Å². The highest BCUT2D eigenvalue weighted by molar-refractivity contribution is 6.17. The number of oxazole rings is 1. The van der Waals surface area contributed by atoms with Gasteiger partial charge in [0.05, 0.1) is 11.9 Å². The maximum atomic E-state index is 5.70. The lowest BCUT2D eigenvalue weighted by Crippen LogP contribution is -2.09. The molecule has 0 aliphatic carbocycles. The van der Waals surface area contributed by atoms with Gasteiger partial charge in [-0.25, -0.2) is 9.67 Å². The fraction of sp³-hybridized carbons (Fsp3) is 0.583. The van der Waals surface area contributed by atoms with Gasteiger partial charge in [0.2, 0.25) is 5.89 Å². The van der Waals surface area contributed by atoms with Crippen molar-refractivity contribution in [1.29, 1.82) is 0 Å². The van der Waals surface area contributed by atoms with Gasteiger partial charge in [0, 0.05) is 23.9 Å². The normalized spacial score (nSPS) is 12.0. The third-order valence-corrected chi connectivity index (χ3v) is 2.72. The molecule has 98 valence electrons. The Hall–Kier alpha value is -1.36. The molecule has 0 fully saturated rings. The Labute approximate surface area is 111 Å². The van der Waals surface area contributed by atoms with Crippen LogP contribution in [0.1, 0.15) is 38.1 Å². The Morgan fingerprint density at radius 3 is 2.78 bits per heavy atom. The van der Waals surface area contributed by atoms with E-state index in [-0.39, 0.29) is 5.41 Å². The Bertz CT molecular complexity index is 512. The Morgan fingerprint density at radius 1 is 1.39 bits per heavy atom. The minimum absolute atomic E-state index is 0.0304. The summed E-state index contributed by atoms with van der Waals surface area (Å²) in [4.78, 5) is 4.25. The van der Waals surface area contributed by atoms with Crippen LogP contribution < -0.4 is 0 Å².